The first-order valence-electron chi connectivity index (χ1n) is 19.0. The molecule has 0 aliphatic carbocycles. The molecule has 6 nitrogen and oxygen atoms in total. The highest BCUT2D eigenvalue weighted by Gasteiger charge is 2.24. The molecule has 0 heterocycles. The number of carbonyl (C=O) groups is 1. The van der Waals surface area contributed by atoms with Crippen LogP contribution < -0.4 is 5.32 Å². The third-order valence-corrected chi connectivity index (χ3v) is 8.92. The maximum absolute atomic E-state index is 12.5. The van der Waals surface area contributed by atoms with Crippen molar-refractivity contribution >= 4 is 16.0 Å². The molecule has 0 fully saturated rings. The molecule has 0 saturated carbocycles. The molecule has 0 aromatic heterocycles. The maximum Gasteiger partial charge on any atom is 0.267 e. The predicted octanol–water partition coefficient (Wildman–Crippen LogP) is 10.9. The molecule has 0 aliphatic rings. The number of amides is 1. The van der Waals surface area contributed by atoms with Crippen molar-refractivity contribution in [3.8, 4) is 0 Å². The van der Waals surface area contributed by atoms with Gasteiger partial charge >= 0.3 is 0 Å². The van der Waals surface area contributed by atoms with Gasteiger partial charge in [0.2, 0.25) is 5.91 Å². The first-order chi connectivity index (χ1) is 22.8. The van der Waals surface area contributed by atoms with Gasteiger partial charge in [0.05, 0.1) is 17.9 Å². The van der Waals surface area contributed by atoms with Crippen LogP contribution in [0.1, 0.15) is 168 Å². The molecule has 0 aliphatic heterocycles. The van der Waals surface area contributed by atoms with E-state index in [1.54, 1.807) is 6.08 Å². The summed E-state index contributed by atoms with van der Waals surface area (Å²) in [5.41, 5.74) is 0. The molecular weight excluding hydrogens is 607 g/mol. The molecule has 0 aromatic rings. The zero-order chi connectivity index (χ0) is 34.7. The molecule has 3 N–H and O–H groups in total. The lowest BCUT2D eigenvalue weighted by molar-refractivity contribution is -0.122. The molecule has 0 saturated heterocycles. The predicted molar refractivity (Wildman–Crippen MR) is 202 cm³/mol. The van der Waals surface area contributed by atoms with Crippen LogP contribution in [0.15, 0.2) is 60.8 Å². The van der Waals surface area contributed by atoms with Crippen LogP contribution in [-0.2, 0) is 14.9 Å². The van der Waals surface area contributed by atoms with Crippen molar-refractivity contribution in [3.63, 3.8) is 0 Å². The SMILES string of the molecule is CCCCCC/C=C\C/C=C\CCCCCCCC(=O)NC(CS(=O)(=O)O)C(O)/C=C/CC/C=C/CC/C=C/CCCCCCCC. The highest BCUT2D eigenvalue weighted by molar-refractivity contribution is 7.85. The molecule has 47 heavy (non-hydrogen) atoms. The molecular formula is C40H71NO5S. The Bertz CT molecular complexity index is 967. The van der Waals surface area contributed by atoms with E-state index in [2.05, 4.69) is 67.8 Å². The van der Waals surface area contributed by atoms with E-state index < -0.39 is 28.0 Å². The number of rotatable bonds is 33. The van der Waals surface area contributed by atoms with Gasteiger partial charge < -0.3 is 10.4 Å². The van der Waals surface area contributed by atoms with Gasteiger partial charge in [0.15, 0.2) is 0 Å². The van der Waals surface area contributed by atoms with E-state index in [0.29, 0.717) is 12.8 Å². The summed E-state index contributed by atoms with van der Waals surface area (Å²) < 4.78 is 32.4. The normalized spacial score (nSPS) is 14.0. The Labute approximate surface area is 290 Å². The smallest absolute Gasteiger partial charge is 0.267 e. The van der Waals surface area contributed by atoms with Gasteiger partial charge in [-0.15, -0.1) is 0 Å². The summed E-state index contributed by atoms with van der Waals surface area (Å²) >= 11 is 0. The van der Waals surface area contributed by atoms with Gasteiger partial charge in [0, 0.05) is 6.42 Å². The van der Waals surface area contributed by atoms with Gasteiger partial charge in [-0.1, -0.05) is 145 Å². The first kappa shape index (κ1) is 45.0. The molecule has 272 valence electrons. The largest absolute Gasteiger partial charge is 0.387 e. The lowest BCUT2D eigenvalue weighted by Gasteiger charge is -2.21. The molecule has 7 heteroatoms. The lowest BCUT2D eigenvalue weighted by atomic mass is 10.1. The maximum atomic E-state index is 12.5. The molecule has 0 rings (SSSR count). The Morgan fingerprint density at radius 3 is 1.49 bits per heavy atom. The van der Waals surface area contributed by atoms with Crippen LogP contribution in [0.25, 0.3) is 0 Å². The standard InChI is InChI=1S/C40H71NO5S/c1-3-5-7-9-11-13-15-17-19-21-23-25-27-29-31-33-35-39(42)38(37-47(44,45)46)41-40(43)36-34-32-30-28-26-24-22-20-18-16-14-12-10-8-6-4-2/h14,16-17,19-20,22,25,27,33,35,38-39,42H,3-13,15,18,21,23-24,26,28-32,34,36-37H2,1-2H3,(H,41,43)(H,44,45,46)/b16-14-,19-17+,22-20-,27-25+,35-33+. The number of unbranched alkanes of at least 4 members (excludes halogenated alkanes) is 17. The minimum Gasteiger partial charge on any atom is -0.387 e. The second-order valence-electron chi connectivity index (χ2n) is 12.8. The van der Waals surface area contributed by atoms with Crippen LogP contribution in [0.5, 0.6) is 0 Å². The van der Waals surface area contributed by atoms with Gasteiger partial charge in [0.1, 0.15) is 0 Å². The van der Waals surface area contributed by atoms with E-state index in [1.165, 1.54) is 76.7 Å². The molecule has 0 aromatic carbocycles. The molecule has 0 bridgehead atoms. The number of aliphatic hydroxyl groups is 1. The number of aliphatic hydroxyl groups excluding tert-OH is 1. The average molecular weight is 678 g/mol. The van der Waals surface area contributed by atoms with Crippen molar-refractivity contribution < 1.29 is 22.9 Å². The van der Waals surface area contributed by atoms with Gasteiger partial charge in [-0.3, -0.25) is 9.35 Å². The summed E-state index contributed by atoms with van der Waals surface area (Å²) in [6.07, 6.45) is 46.3. The number of allylic oxidation sites excluding steroid dienone is 9. The van der Waals surface area contributed by atoms with Gasteiger partial charge in [0.25, 0.3) is 10.1 Å². The second-order valence-corrected chi connectivity index (χ2v) is 14.3. The Morgan fingerprint density at radius 2 is 0.979 bits per heavy atom. The molecule has 1 amide bonds. The lowest BCUT2D eigenvalue weighted by Crippen LogP contribution is -2.46. The molecule has 0 spiro atoms. The Balaban J connectivity index is 4.10. The van der Waals surface area contributed by atoms with Crippen molar-refractivity contribution in [2.45, 2.75) is 180 Å². The van der Waals surface area contributed by atoms with E-state index in [1.807, 2.05) is 0 Å². The summed E-state index contributed by atoms with van der Waals surface area (Å²) in [5, 5.41) is 13.2. The third kappa shape index (κ3) is 35.2. The fourth-order valence-electron chi connectivity index (χ4n) is 5.27. The summed E-state index contributed by atoms with van der Waals surface area (Å²) in [6.45, 7) is 4.48. The molecule has 0 radical (unpaired) electrons. The number of carbonyl (C=O) groups excluding carboxylic acids is 1. The van der Waals surface area contributed by atoms with Crippen LogP contribution >= 0.6 is 0 Å². The van der Waals surface area contributed by atoms with Gasteiger partial charge in [-0.2, -0.15) is 8.42 Å². The highest BCUT2D eigenvalue weighted by atomic mass is 32.2. The Morgan fingerprint density at radius 1 is 0.574 bits per heavy atom. The molecule has 2 atom stereocenters. The van der Waals surface area contributed by atoms with Crippen LogP contribution in [0, 0.1) is 0 Å². The van der Waals surface area contributed by atoms with Crippen molar-refractivity contribution in [1.29, 1.82) is 0 Å². The first-order valence-corrected chi connectivity index (χ1v) is 20.6. The number of hydrogen-bond acceptors (Lipinski definition) is 4. The minimum atomic E-state index is -4.36. The van der Waals surface area contributed by atoms with Gasteiger partial charge in [-0.05, 0) is 77.0 Å². The highest BCUT2D eigenvalue weighted by Crippen LogP contribution is 2.10. The van der Waals surface area contributed by atoms with Crippen molar-refractivity contribution in [2.75, 3.05) is 5.75 Å². The second kappa shape index (κ2) is 33.9. The van der Waals surface area contributed by atoms with Gasteiger partial charge in [-0.25, -0.2) is 0 Å². The summed E-state index contributed by atoms with van der Waals surface area (Å²) in [6, 6.07) is -1.09. The van der Waals surface area contributed by atoms with E-state index in [-0.39, 0.29) is 12.3 Å². The van der Waals surface area contributed by atoms with E-state index in [9.17, 15) is 22.9 Å². The van der Waals surface area contributed by atoms with Crippen molar-refractivity contribution in [3.05, 3.63) is 60.8 Å². The summed E-state index contributed by atoms with van der Waals surface area (Å²) in [4.78, 5) is 12.5. The van der Waals surface area contributed by atoms with E-state index >= 15 is 0 Å². The van der Waals surface area contributed by atoms with E-state index in [4.69, 9.17) is 0 Å². The van der Waals surface area contributed by atoms with Crippen LogP contribution in [0.3, 0.4) is 0 Å². The minimum absolute atomic E-state index is 0.266. The average Bonchev–Trinajstić information content (AvgIpc) is 3.03. The fourth-order valence-corrected chi connectivity index (χ4v) is 6.01. The zero-order valence-corrected chi connectivity index (χ0v) is 30.9. The quantitative estimate of drug-likeness (QED) is 0.0364. The van der Waals surface area contributed by atoms with Crippen LogP contribution in [-0.4, -0.2) is 41.9 Å². The zero-order valence-electron chi connectivity index (χ0n) is 30.1. The van der Waals surface area contributed by atoms with Crippen LogP contribution in [0.2, 0.25) is 0 Å². The molecule has 2 unspecified atom stereocenters. The fraction of sp³-hybridized carbons (Fsp3) is 0.725. The summed E-state index contributed by atoms with van der Waals surface area (Å²) in [7, 11) is -4.36. The monoisotopic (exact) mass is 678 g/mol. The van der Waals surface area contributed by atoms with Crippen molar-refractivity contribution in [2.24, 2.45) is 0 Å². The van der Waals surface area contributed by atoms with Crippen molar-refractivity contribution in [1.82, 2.24) is 5.32 Å². The topological polar surface area (TPSA) is 104 Å². The van der Waals surface area contributed by atoms with Crippen LogP contribution in [0.4, 0.5) is 0 Å². The number of hydrogen-bond donors (Lipinski definition) is 3. The Kier molecular flexibility index (Phi) is 32.5. The Hall–Kier alpha value is -1.96. The summed E-state index contributed by atoms with van der Waals surface area (Å²) in [5.74, 6) is -1.03. The third-order valence-electron chi connectivity index (χ3n) is 8.14. The van der Waals surface area contributed by atoms with E-state index in [0.717, 1.165) is 64.2 Å². The number of nitrogens with one attached hydrogen (secondary N) is 1.